The van der Waals surface area contributed by atoms with Crippen molar-refractivity contribution in [3.63, 3.8) is 0 Å². The van der Waals surface area contributed by atoms with Gasteiger partial charge in [-0.05, 0) is 35.6 Å². The van der Waals surface area contributed by atoms with Crippen molar-refractivity contribution in [2.75, 3.05) is 6.54 Å². The summed E-state index contributed by atoms with van der Waals surface area (Å²) in [5.74, 6) is 0. The molecule has 1 aliphatic heterocycles. The van der Waals surface area contributed by atoms with Crippen LogP contribution in [-0.2, 0) is 24.3 Å². The molecule has 1 amide bonds. The summed E-state index contributed by atoms with van der Waals surface area (Å²) in [7, 11) is 0. The summed E-state index contributed by atoms with van der Waals surface area (Å²) in [6, 6.07) is 7.71. The van der Waals surface area contributed by atoms with Crippen molar-refractivity contribution in [2.45, 2.75) is 19.6 Å². The van der Waals surface area contributed by atoms with E-state index in [1.165, 1.54) is 10.4 Å². The van der Waals surface area contributed by atoms with Gasteiger partial charge in [-0.25, -0.2) is 4.79 Å². The van der Waals surface area contributed by atoms with Crippen molar-refractivity contribution < 1.29 is 9.53 Å². The molecule has 0 N–H and O–H groups in total. The summed E-state index contributed by atoms with van der Waals surface area (Å²) < 4.78 is 5.29. The molecule has 5 heteroatoms. The number of aromatic nitrogens is 1. The number of rotatable bonds is 2. The number of hydrogen-bond acceptors (Lipinski definition) is 4. The second-order valence-corrected chi connectivity index (χ2v) is 5.42. The van der Waals surface area contributed by atoms with Crippen LogP contribution >= 0.6 is 11.3 Å². The molecule has 0 bridgehead atoms. The normalized spacial score (nSPS) is 14.0. The highest BCUT2D eigenvalue weighted by Gasteiger charge is 2.22. The Morgan fingerprint density at radius 3 is 3.21 bits per heavy atom. The van der Waals surface area contributed by atoms with E-state index in [9.17, 15) is 4.79 Å². The molecule has 0 unspecified atom stereocenters. The monoisotopic (exact) mass is 274 g/mol. The van der Waals surface area contributed by atoms with Gasteiger partial charge in [0.25, 0.3) is 0 Å². The molecule has 19 heavy (non-hydrogen) atoms. The number of pyridine rings is 1. The number of carbonyl (C=O) groups is 1. The van der Waals surface area contributed by atoms with Crippen molar-refractivity contribution in [1.82, 2.24) is 9.88 Å². The number of nitrogens with zero attached hydrogens (tertiary/aromatic N) is 2. The van der Waals surface area contributed by atoms with Gasteiger partial charge in [-0.15, -0.1) is 11.3 Å². The second kappa shape index (κ2) is 5.40. The molecule has 0 spiro atoms. The molecular formula is C14H14N2O2S. The predicted octanol–water partition coefficient (Wildman–Crippen LogP) is 2.84. The molecule has 3 rings (SSSR count). The minimum Gasteiger partial charge on any atom is -0.443 e. The van der Waals surface area contributed by atoms with Gasteiger partial charge in [-0.3, -0.25) is 4.98 Å². The lowest BCUT2D eigenvalue weighted by atomic mass is 10.1. The fraction of sp³-hybridized carbons (Fsp3) is 0.286. The van der Waals surface area contributed by atoms with Gasteiger partial charge >= 0.3 is 6.09 Å². The maximum atomic E-state index is 12.0. The summed E-state index contributed by atoms with van der Waals surface area (Å²) in [6.45, 7) is 1.62. The number of ether oxygens (including phenoxy) is 1. The largest absolute Gasteiger partial charge is 0.443 e. The Morgan fingerprint density at radius 1 is 1.42 bits per heavy atom. The van der Waals surface area contributed by atoms with Gasteiger partial charge < -0.3 is 9.64 Å². The van der Waals surface area contributed by atoms with E-state index in [0.29, 0.717) is 6.54 Å². The van der Waals surface area contributed by atoms with E-state index in [1.807, 2.05) is 18.2 Å². The first-order valence-corrected chi connectivity index (χ1v) is 7.08. The van der Waals surface area contributed by atoms with Crippen LogP contribution in [0.1, 0.15) is 16.1 Å². The van der Waals surface area contributed by atoms with Crippen molar-refractivity contribution in [3.8, 4) is 0 Å². The fourth-order valence-electron chi connectivity index (χ4n) is 2.10. The number of carbonyl (C=O) groups excluding carboxylic acids is 1. The van der Waals surface area contributed by atoms with Gasteiger partial charge in [-0.2, -0.15) is 0 Å². The highest BCUT2D eigenvalue weighted by molar-refractivity contribution is 7.10. The molecule has 1 aliphatic rings. The van der Waals surface area contributed by atoms with E-state index in [-0.39, 0.29) is 12.7 Å². The minimum absolute atomic E-state index is 0.230. The third-order valence-electron chi connectivity index (χ3n) is 3.15. The molecule has 98 valence electrons. The van der Waals surface area contributed by atoms with E-state index in [2.05, 4.69) is 16.4 Å². The number of amides is 1. The maximum absolute atomic E-state index is 12.0. The summed E-state index contributed by atoms with van der Waals surface area (Å²) in [5.41, 5.74) is 2.13. The Morgan fingerprint density at radius 2 is 2.37 bits per heavy atom. The Labute approximate surface area is 115 Å². The maximum Gasteiger partial charge on any atom is 0.410 e. The molecule has 0 saturated carbocycles. The standard InChI is InChI=1S/C14H14N2O2S/c17-14(18-10-12-3-1-2-6-15-12)16-7-4-11-5-8-19-13(11)9-16/h1-3,5-6,8H,4,7,9-10H2. The average Bonchev–Trinajstić information content (AvgIpc) is 2.93. The smallest absolute Gasteiger partial charge is 0.410 e. The van der Waals surface area contributed by atoms with E-state index in [0.717, 1.165) is 18.7 Å². The lowest BCUT2D eigenvalue weighted by Gasteiger charge is -2.26. The van der Waals surface area contributed by atoms with Crippen LogP contribution in [-0.4, -0.2) is 22.5 Å². The summed E-state index contributed by atoms with van der Waals surface area (Å²) in [5, 5.41) is 2.08. The van der Waals surface area contributed by atoms with Crippen LogP contribution in [0, 0.1) is 0 Å². The van der Waals surface area contributed by atoms with Crippen LogP contribution in [0.5, 0.6) is 0 Å². The number of hydrogen-bond donors (Lipinski definition) is 0. The van der Waals surface area contributed by atoms with Gasteiger partial charge in [0.15, 0.2) is 0 Å². The van der Waals surface area contributed by atoms with Crippen molar-refractivity contribution in [1.29, 1.82) is 0 Å². The molecule has 0 saturated heterocycles. The van der Waals surface area contributed by atoms with E-state index in [1.54, 1.807) is 22.4 Å². The Bertz CT molecular complexity index is 568. The van der Waals surface area contributed by atoms with Gasteiger partial charge in [0.1, 0.15) is 6.61 Å². The van der Waals surface area contributed by atoms with Crippen molar-refractivity contribution >= 4 is 17.4 Å². The van der Waals surface area contributed by atoms with Crippen molar-refractivity contribution in [2.24, 2.45) is 0 Å². The van der Waals surface area contributed by atoms with Crippen LogP contribution in [0.4, 0.5) is 4.79 Å². The number of thiophene rings is 1. The molecule has 0 radical (unpaired) electrons. The van der Waals surface area contributed by atoms with Crippen LogP contribution in [0.25, 0.3) is 0 Å². The second-order valence-electron chi connectivity index (χ2n) is 4.42. The molecule has 4 nitrogen and oxygen atoms in total. The summed E-state index contributed by atoms with van der Waals surface area (Å²) >= 11 is 1.70. The lowest BCUT2D eigenvalue weighted by molar-refractivity contribution is 0.0913. The SMILES string of the molecule is O=C(OCc1ccccn1)N1CCc2ccsc2C1. The Kier molecular flexibility index (Phi) is 3.46. The third-order valence-corrected chi connectivity index (χ3v) is 4.10. The molecular weight excluding hydrogens is 260 g/mol. The first-order valence-electron chi connectivity index (χ1n) is 6.20. The average molecular weight is 274 g/mol. The highest BCUT2D eigenvalue weighted by atomic mass is 32.1. The van der Waals surface area contributed by atoms with Crippen LogP contribution in [0.3, 0.4) is 0 Å². The minimum atomic E-state index is -0.260. The summed E-state index contributed by atoms with van der Waals surface area (Å²) in [4.78, 5) is 19.1. The molecule has 0 fully saturated rings. The van der Waals surface area contributed by atoms with E-state index >= 15 is 0 Å². The van der Waals surface area contributed by atoms with Gasteiger partial charge in [0, 0.05) is 17.6 Å². The molecule has 0 aromatic carbocycles. The third kappa shape index (κ3) is 2.76. The van der Waals surface area contributed by atoms with Crippen molar-refractivity contribution in [3.05, 3.63) is 52.0 Å². The zero-order valence-corrected chi connectivity index (χ0v) is 11.2. The molecule has 0 aliphatic carbocycles. The number of fused-ring (bicyclic) bond motifs is 1. The zero-order chi connectivity index (χ0) is 13.1. The first-order chi connectivity index (χ1) is 9.33. The molecule has 0 atom stereocenters. The van der Waals surface area contributed by atoms with Crippen LogP contribution < -0.4 is 0 Å². The van der Waals surface area contributed by atoms with Gasteiger partial charge in [0.05, 0.1) is 12.2 Å². The predicted molar refractivity (Wildman–Crippen MR) is 72.9 cm³/mol. The van der Waals surface area contributed by atoms with E-state index < -0.39 is 0 Å². The fourth-order valence-corrected chi connectivity index (χ4v) is 3.05. The van der Waals surface area contributed by atoms with Gasteiger partial charge in [-0.1, -0.05) is 6.07 Å². The van der Waals surface area contributed by atoms with Crippen LogP contribution in [0.2, 0.25) is 0 Å². The topological polar surface area (TPSA) is 42.4 Å². The lowest BCUT2D eigenvalue weighted by Crippen LogP contribution is -2.35. The highest BCUT2D eigenvalue weighted by Crippen LogP contribution is 2.24. The quantitative estimate of drug-likeness (QED) is 0.845. The first kappa shape index (κ1) is 12.2. The Hall–Kier alpha value is -1.88. The molecule has 2 aromatic heterocycles. The molecule has 2 aromatic rings. The van der Waals surface area contributed by atoms with Crippen LogP contribution in [0.15, 0.2) is 35.8 Å². The Balaban J connectivity index is 1.57. The molecule has 3 heterocycles. The van der Waals surface area contributed by atoms with E-state index in [4.69, 9.17) is 4.74 Å². The van der Waals surface area contributed by atoms with Gasteiger partial charge in [0.2, 0.25) is 0 Å². The zero-order valence-electron chi connectivity index (χ0n) is 10.4. The summed E-state index contributed by atoms with van der Waals surface area (Å²) in [6.07, 6.45) is 2.35.